The van der Waals surface area contributed by atoms with Crippen LogP contribution in [0.25, 0.3) is 6.08 Å². The monoisotopic (exact) mass is 449 g/mol. The highest BCUT2D eigenvalue weighted by atomic mass is 32.2. The van der Waals surface area contributed by atoms with E-state index in [4.69, 9.17) is 0 Å². The van der Waals surface area contributed by atoms with Crippen LogP contribution in [0, 0.1) is 11.6 Å². The molecule has 0 saturated carbocycles. The Kier molecular flexibility index (Phi) is 7.89. The summed E-state index contributed by atoms with van der Waals surface area (Å²) in [5.41, 5.74) is 1.14. The summed E-state index contributed by atoms with van der Waals surface area (Å²) in [5.74, 6) is -2.51. The molecule has 0 unspecified atom stereocenters. The maximum absolute atomic E-state index is 13.3. The Labute approximate surface area is 181 Å². The number of hydrogen-bond acceptors (Lipinski definition) is 4. The largest absolute Gasteiger partial charge is 0.340 e. The molecular weight excluding hydrogens is 424 g/mol. The van der Waals surface area contributed by atoms with Crippen molar-refractivity contribution in [2.75, 3.05) is 39.3 Å². The van der Waals surface area contributed by atoms with Crippen molar-refractivity contribution in [3.05, 3.63) is 71.8 Å². The first-order valence-electron chi connectivity index (χ1n) is 10.0. The van der Waals surface area contributed by atoms with Crippen LogP contribution in [-0.2, 0) is 14.8 Å². The van der Waals surface area contributed by atoms with Crippen molar-refractivity contribution in [2.24, 2.45) is 0 Å². The van der Waals surface area contributed by atoms with Crippen molar-refractivity contribution < 1.29 is 22.0 Å². The predicted octanol–water partition coefficient (Wildman–Crippen LogP) is 2.49. The highest BCUT2D eigenvalue weighted by Gasteiger charge is 2.21. The van der Waals surface area contributed by atoms with Gasteiger partial charge in [0.15, 0.2) is 11.6 Å². The zero-order valence-corrected chi connectivity index (χ0v) is 17.8. The van der Waals surface area contributed by atoms with Gasteiger partial charge in [-0.1, -0.05) is 42.5 Å². The summed E-state index contributed by atoms with van der Waals surface area (Å²) >= 11 is 0. The first-order chi connectivity index (χ1) is 14.8. The second kappa shape index (κ2) is 10.6. The third kappa shape index (κ3) is 6.68. The van der Waals surface area contributed by atoms with Crippen molar-refractivity contribution in [2.45, 2.75) is 11.3 Å². The topological polar surface area (TPSA) is 69.7 Å². The van der Waals surface area contributed by atoms with Gasteiger partial charge in [0.05, 0.1) is 4.90 Å². The molecule has 3 rings (SSSR count). The molecule has 1 aliphatic heterocycles. The highest BCUT2D eigenvalue weighted by molar-refractivity contribution is 7.89. The van der Waals surface area contributed by atoms with Crippen molar-refractivity contribution in [1.29, 1.82) is 0 Å². The van der Waals surface area contributed by atoms with Crippen LogP contribution in [0.4, 0.5) is 8.78 Å². The van der Waals surface area contributed by atoms with E-state index >= 15 is 0 Å². The molecule has 2 aromatic carbocycles. The zero-order chi connectivity index (χ0) is 22.3. The first-order valence-corrected chi connectivity index (χ1v) is 11.5. The summed E-state index contributed by atoms with van der Waals surface area (Å²) in [7, 11) is -4.01. The molecule has 6 nitrogen and oxygen atoms in total. The van der Waals surface area contributed by atoms with E-state index in [0.29, 0.717) is 19.2 Å². The molecule has 0 spiro atoms. The van der Waals surface area contributed by atoms with E-state index < -0.39 is 21.7 Å². The molecular formula is C22H25F2N3O3S. The number of rotatable bonds is 8. The molecule has 166 valence electrons. The number of carbonyl (C=O) groups excluding carboxylic acids is 1. The molecule has 31 heavy (non-hydrogen) atoms. The smallest absolute Gasteiger partial charge is 0.240 e. The molecule has 0 aromatic heterocycles. The van der Waals surface area contributed by atoms with Gasteiger partial charge in [-0.25, -0.2) is 21.9 Å². The molecule has 1 heterocycles. The normalized spacial score (nSPS) is 15.5. The Morgan fingerprint density at radius 2 is 1.71 bits per heavy atom. The number of benzene rings is 2. The standard InChI is InChI=1S/C22H25F2N3O3S/c23-20-9-8-19(17-21(20)24)31(29,30)25-11-10-22(28)27-15-13-26(14-16-27)12-4-7-18-5-2-1-3-6-18/h1-9,17,25H,10-16H2/b7-4+. The van der Waals surface area contributed by atoms with E-state index in [-0.39, 0.29) is 23.8 Å². The summed E-state index contributed by atoms with van der Waals surface area (Å²) in [4.78, 5) is 16.0. The van der Waals surface area contributed by atoms with Crippen LogP contribution in [0.3, 0.4) is 0 Å². The lowest BCUT2D eigenvalue weighted by Gasteiger charge is -2.34. The zero-order valence-electron chi connectivity index (χ0n) is 17.0. The van der Waals surface area contributed by atoms with E-state index in [9.17, 15) is 22.0 Å². The van der Waals surface area contributed by atoms with Crippen LogP contribution in [0.2, 0.25) is 0 Å². The average Bonchev–Trinajstić information content (AvgIpc) is 2.76. The molecule has 2 aromatic rings. The number of nitrogens with zero attached hydrogens (tertiary/aromatic N) is 2. The van der Waals surface area contributed by atoms with Crippen LogP contribution in [-0.4, -0.2) is 63.4 Å². The highest BCUT2D eigenvalue weighted by Crippen LogP contribution is 2.13. The average molecular weight is 450 g/mol. The Morgan fingerprint density at radius 3 is 2.39 bits per heavy atom. The molecule has 0 atom stereocenters. The number of piperazine rings is 1. The minimum absolute atomic E-state index is 0.00316. The van der Waals surface area contributed by atoms with Gasteiger partial charge in [-0.3, -0.25) is 9.69 Å². The molecule has 1 N–H and O–H groups in total. The Bertz CT molecular complexity index is 1020. The molecule has 0 radical (unpaired) electrons. The van der Waals surface area contributed by atoms with Gasteiger partial charge in [0.2, 0.25) is 15.9 Å². The summed E-state index contributed by atoms with van der Waals surface area (Å²) in [6.45, 7) is 3.32. The summed E-state index contributed by atoms with van der Waals surface area (Å²) < 4.78 is 52.8. The van der Waals surface area contributed by atoms with Gasteiger partial charge in [-0.2, -0.15) is 0 Å². The van der Waals surface area contributed by atoms with Crippen molar-refractivity contribution >= 4 is 22.0 Å². The van der Waals surface area contributed by atoms with Gasteiger partial charge in [-0.15, -0.1) is 0 Å². The van der Waals surface area contributed by atoms with Gasteiger partial charge in [-0.05, 0) is 23.8 Å². The number of sulfonamides is 1. The first kappa shape index (κ1) is 23.1. The number of carbonyl (C=O) groups is 1. The fourth-order valence-corrected chi connectivity index (χ4v) is 4.30. The third-order valence-electron chi connectivity index (χ3n) is 5.03. The van der Waals surface area contributed by atoms with E-state index in [2.05, 4.69) is 21.8 Å². The minimum Gasteiger partial charge on any atom is -0.340 e. The van der Waals surface area contributed by atoms with Gasteiger partial charge in [0.25, 0.3) is 0 Å². The number of hydrogen-bond donors (Lipinski definition) is 1. The fraction of sp³-hybridized carbons (Fsp3) is 0.318. The van der Waals surface area contributed by atoms with Crippen molar-refractivity contribution in [1.82, 2.24) is 14.5 Å². The molecule has 1 fully saturated rings. The van der Waals surface area contributed by atoms with Crippen LogP contribution >= 0.6 is 0 Å². The number of halogens is 2. The van der Waals surface area contributed by atoms with Crippen LogP contribution in [0.15, 0.2) is 59.5 Å². The second-order valence-electron chi connectivity index (χ2n) is 7.22. The molecule has 1 saturated heterocycles. The van der Waals surface area contributed by atoms with E-state index in [1.807, 2.05) is 30.3 Å². The minimum atomic E-state index is -4.01. The second-order valence-corrected chi connectivity index (χ2v) is 8.99. The molecule has 0 aliphatic carbocycles. The fourth-order valence-electron chi connectivity index (χ4n) is 3.26. The quantitative estimate of drug-likeness (QED) is 0.672. The van der Waals surface area contributed by atoms with Gasteiger partial charge in [0.1, 0.15) is 0 Å². The lowest BCUT2D eigenvalue weighted by molar-refractivity contribution is -0.132. The van der Waals surface area contributed by atoms with Gasteiger partial charge in [0, 0.05) is 45.7 Å². The van der Waals surface area contributed by atoms with E-state index in [1.54, 1.807) is 4.90 Å². The summed E-state index contributed by atoms with van der Waals surface area (Å²) in [6.07, 6.45) is 4.16. The van der Waals surface area contributed by atoms with Gasteiger partial charge >= 0.3 is 0 Å². The van der Waals surface area contributed by atoms with Crippen molar-refractivity contribution in [3.8, 4) is 0 Å². The summed E-state index contributed by atoms with van der Waals surface area (Å²) in [5, 5.41) is 0. The lowest BCUT2D eigenvalue weighted by Crippen LogP contribution is -2.49. The molecule has 0 bridgehead atoms. The lowest BCUT2D eigenvalue weighted by atomic mass is 10.2. The Morgan fingerprint density at radius 1 is 1.00 bits per heavy atom. The third-order valence-corrected chi connectivity index (χ3v) is 6.49. The number of amides is 1. The van der Waals surface area contributed by atoms with Crippen LogP contribution < -0.4 is 4.72 Å². The molecule has 1 aliphatic rings. The number of nitrogens with one attached hydrogen (secondary N) is 1. The van der Waals surface area contributed by atoms with Crippen molar-refractivity contribution in [3.63, 3.8) is 0 Å². The predicted molar refractivity (Wildman–Crippen MR) is 115 cm³/mol. The maximum Gasteiger partial charge on any atom is 0.240 e. The van der Waals surface area contributed by atoms with Gasteiger partial charge < -0.3 is 4.90 Å². The molecule has 1 amide bonds. The summed E-state index contributed by atoms with van der Waals surface area (Å²) in [6, 6.07) is 12.4. The molecule has 9 heteroatoms. The van der Waals surface area contributed by atoms with Crippen LogP contribution in [0.1, 0.15) is 12.0 Å². The van der Waals surface area contributed by atoms with Crippen LogP contribution in [0.5, 0.6) is 0 Å². The maximum atomic E-state index is 13.3. The Balaban J connectivity index is 1.39. The van der Waals surface area contributed by atoms with E-state index in [1.165, 1.54) is 0 Å². The van der Waals surface area contributed by atoms with E-state index in [0.717, 1.165) is 37.3 Å². The SMILES string of the molecule is O=C(CCNS(=O)(=O)c1ccc(F)c(F)c1)N1CCN(C/C=C/c2ccccc2)CC1. The Hall–Kier alpha value is -2.62.